The summed E-state index contributed by atoms with van der Waals surface area (Å²) in [4.78, 5) is 26.9. The molecule has 0 aliphatic heterocycles. The lowest BCUT2D eigenvalue weighted by Crippen LogP contribution is -2.17. The van der Waals surface area contributed by atoms with Gasteiger partial charge < -0.3 is 11.1 Å². The molecule has 0 spiro atoms. The zero-order valence-electron chi connectivity index (χ0n) is 10.7. The van der Waals surface area contributed by atoms with Gasteiger partial charge in [-0.2, -0.15) is 15.0 Å². The minimum absolute atomic E-state index is 0.223. The van der Waals surface area contributed by atoms with Crippen LogP contribution in [0, 0.1) is 0 Å². The molecule has 20 heavy (non-hydrogen) atoms. The highest BCUT2D eigenvalue weighted by atomic mass is 16.1. The van der Waals surface area contributed by atoms with Crippen LogP contribution in [0.4, 0.5) is 11.9 Å². The first-order valence-corrected chi connectivity index (χ1v) is 5.92. The Kier molecular flexibility index (Phi) is 4.39. The van der Waals surface area contributed by atoms with E-state index >= 15 is 0 Å². The number of carbonyl (C=O) groups is 1. The fourth-order valence-corrected chi connectivity index (χ4v) is 1.46. The molecule has 6 N–H and O–H groups in total. The first kappa shape index (κ1) is 13.7. The number of hydrazine groups is 1. The van der Waals surface area contributed by atoms with Gasteiger partial charge in [0.1, 0.15) is 6.33 Å². The molecule has 0 aliphatic carbocycles. The number of primary amides is 1. The van der Waals surface area contributed by atoms with Gasteiger partial charge in [-0.3, -0.25) is 14.8 Å². The lowest BCUT2D eigenvalue weighted by Gasteiger charge is -2.08. The Labute approximate surface area is 114 Å². The molecule has 0 aliphatic rings. The first-order valence-electron chi connectivity index (χ1n) is 5.92. The molecule has 2 heterocycles. The molecule has 0 unspecified atom stereocenters. The summed E-state index contributed by atoms with van der Waals surface area (Å²) in [6, 6.07) is 0. The molecule has 10 heteroatoms. The second kappa shape index (κ2) is 6.43. The van der Waals surface area contributed by atoms with Crippen molar-refractivity contribution in [2.45, 2.75) is 12.8 Å². The Morgan fingerprint density at radius 1 is 1.30 bits per heavy atom. The fourth-order valence-electron chi connectivity index (χ4n) is 1.46. The van der Waals surface area contributed by atoms with Crippen molar-refractivity contribution < 1.29 is 4.79 Å². The van der Waals surface area contributed by atoms with Gasteiger partial charge in [0.2, 0.25) is 23.8 Å². The Morgan fingerprint density at radius 3 is 2.75 bits per heavy atom. The van der Waals surface area contributed by atoms with E-state index < -0.39 is 0 Å². The van der Waals surface area contributed by atoms with E-state index in [1.54, 1.807) is 23.3 Å². The molecular formula is C10H15N9O. The number of carbonyl (C=O) groups excluding carboxylic acids is 1. The van der Waals surface area contributed by atoms with Crippen molar-refractivity contribution in [2.24, 2.45) is 11.6 Å². The number of hydrogen-bond donors (Lipinski definition) is 4. The van der Waals surface area contributed by atoms with Crippen LogP contribution in [0.25, 0.3) is 5.95 Å². The van der Waals surface area contributed by atoms with Crippen LogP contribution in [0.3, 0.4) is 0 Å². The largest absolute Gasteiger partial charge is 0.370 e. The molecule has 0 radical (unpaired) electrons. The Bertz CT molecular complexity index is 568. The average Bonchev–Trinajstić information content (AvgIpc) is 2.97. The van der Waals surface area contributed by atoms with Gasteiger partial charge in [0.15, 0.2) is 0 Å². The molecule has 0 bridgehead atoms. The molecule has 0 saturated heterocycles. The van der Waals surface area contributed by atoms with Crippen LogP contribution < -0.4 is 22.3 Å². The van der Waals surface area contributed by atoms with Crippen molar-refractivity contribution in [3.05, 3.63) is 18.7 Å². The van der Waals surface area contributed by atoms with Crippen molar-refractivity contribution in [1.29, 1.82) is 0 Å². The SMILES string of the molecule is NNc1nc(NCCCC(N)=O)nc(-n2ccnc2)n1. The van der Waals surface area contributed by atoms with E-state index in [4.69, 9.17) is 11.6 Å². The summed E-state index contributed by atoms with van der Waals surface area (Å²) in [7, 11) is 0. The molecule has 0 aromatic carbocycles. The summed E-state index contributed by atoms with van der Waals surface area (Å²) in [5.74, 6) is 5.93. The van der Waals surface area contributed by atoms with E-state index in [1.807, 2.05) is 0 Å². The Hall–Kier alpha value is -2.75. The third-order valence-electron chi connectivity index (χ3n) is 2.37. The number of nitrogens with zero attached hydrogens (tertiary/aromatic N) is 5. The normalized spacial score (nSPS) is 10.2. The van der Waals surface area contributed by atoms with E-state index in [2.05, 4.69) is 30.7 Å². The maximum absolute atomic E-state index is 10.6. The zero-order chi connectivity index (χ0) is 14.4. The second-order valence-electron chi connectivity index (χ2n) is 3.89. The smallest absolute Gasteiger partial charge is 0.243 e. The van der Waals surface area contributed by atoms with Crippen molar-refractivity contribution >= 4 is 17.8 Å². The van der Waals surface area contributed by atoms with Gasteiger partial charge >= 0.3 is 0 Å². The highest BCUT2D eigenvalue weighted by molar-refractivity contribution is 5.73. The van der Waals surface area contributed by atoms with Gasteiger partial charge in [0, 0.05) is 25.4 Å². The minimum Gasteiger partial charge on any atom is -0.370 e. The monoisotopic (exact) mass is 277 g/mol. The highest BCUT2D eigenvalue weighted by Crippen LogP contribution is 2.08. The van der Waals surface area contributed by atoms with Crippen LogP contribution in [-0.4, -0.2) is 37.0 Å². The average molecular weight is 277 g/mol. The molecule has 106 valence electrons. The molecule has 0 saturated carbocycles. The zero-order valence-corrected chi connectivity index (χ0v) is 10.7. The van der Waals surface area contributed by atoms with Crippen molar-refractivity contribution in [3.63, 3.8) is 0 Å². The van der Waals surface area contributed by atoms with E-state index in [-0.39, 0.29) is 11.9 Å². The molecule has 10 nitrogen and oxygen atoms in total. The van der Waals surface area contributed by atoms with Crippen LogP contribution in [0.2, 0.25) is 0 Å². The summed E-state index contributed by atoms with van der Waals surface area (Å²) >= 11 is 0. The summed E-state index contributed by atoms with van der Waals surface area (Å²) in [6.07, 6.45) is 5.76. The van der Waals surface area contributed by atoms with Crippen molar-refractivity contribution in [2.75, 3.05) is 17.3 Å². The third-order valence-corrected chi connectivity index (χ3v) is 2.37. The topological polar surface area (TPSA) is 150 Å². The van der Waals surface area contributed by atoms with E-state index in [0.29, 0.717) is 31.3 Å². The van der Waals surface area contributed by atoms with Crippen molar-refractivity contribution in [1.82, 2.24) is 24.5 Å². The van der Waals surface area contributed by atoms with Gasteiger partial charge in [0.25, 0.3) is 0 Å². The molecule has 1 amide bonds. The number of nitrogens with two attached hydrogens (primary N) is 2. The quantitative estimate of drug-likeness (QED) is 0.286. The standard InChI is InChI=1S/C10H15N9O/c11-7(20)2-1-3-14-8-15-9(18-12)17-10(16-8)19-5-4-13-6-19/h4-6H,1-3,12H2,(H2,11,20)(H2,14,15,16,17,18). The van der Waals surface area contributed by atoms with E-state index in [9.17, 15) is 4.79 Å². The number of imidazole rings is 1. The van der Waals surface area contributed by atoms with Gasteiger partial charge in [0.05, 0.1) is 0 Å². The summed E-state index contributed by atoms with van der Waals surface area (Å²) in [5.41, 5.74) is 7.43. The number of nitrogens with one attached hydrogen (secondary N) is 2. The lowest BCUT2D eigenvalue weighted by atomic mass is 10.3. The third kappa shape index (κ3) is 3.62. The molecular weight excluding hydrogens is 262 g/mol. The number of aromatic nitrogens is 5. The molecule has 2 rings (SSSR count). The maximum Gasteiger partial charge on any atom is 0.243 e. The molecule has 0 atom stereocenters. The van der Waals surface area contributed by atoms with Crippen LogP contribution in [0.1, 0.15) is 12.8 Å². The van der Waals surface area contributed by atoms with Crippen LogP contribution >= 0.6 is 0 Å². The number of anilines is 2. The van der Waals surface area contributed by atoms with Crippen LogP contribution in [-0.2, 0) is 4.79 Å². The van der Waals surface area contributed by atoms with Crippen LogP contribution in [0.15, 0.2) is 18.7 Å². The summed E-state index contributed by atoms with van der Waals surface area (Å²) in [6.45, 7) is 0.514. The lowest BCUT2D eigenvalue weighted by molar-refractivity contribution is -0.118. The fraction of sp³-hybridized carbons (Fsp3) is 0.300. The predicted octanol–water partition coefficient (Wildman–Crippen LogP) is -0.980. The number of hydrogen-bond acceptors (Lipinski definition) is 8. The molecule has 2 aromatic rings. The van der Waals surface area contributed by atoms with E-state index in [1.165, 1.54) is 0 Å². The van der Waals surface area contributed by atoms with Gasteiger partial charge in [-0.25, -0.2) is 10.8 Å². The Balaban J connectivity index is 2.08. The molecule has 2 aromatic heterocycles. The maximum atomic E-state index is 10.6. The number of nitrogen functional groups attached to an aromatic ring is 1. The van der Waals surface area contributed by atoms with Gasteiger partial charge in [-0.1, -0.05) is 0 Å². The minimum atomic E-state index is -0.342. The number of rotatable bonds is 7. The summed E-state index contributed by atoms with van der Waals surface area (Å²) in [5, 5.41) is 2.98. The van der Waals surface area contributed by atoms with Gasteiger partial charge in [-0.15, -0.1) is 0 Å². The Morgan fingerprint density at radius 2 is 2.10 bits per heavy atom. The van der Waals surface area contributed by atoms with Crippen molar-refractivity contribution in [3.8, 4) is 5.95 Å². The van der Waals surface area contributed by atoms with E-state index in [0.717, 1.165) is 0 Å². The van der Waals surface area contributed by atoms with Crippen LogP contribution in [0.5, 0.6) is 0 Å². The second-order valence-corrected chi connectivity index (χ2v) is 3.89. The summed E-state index contributed by atoms with van der Waals surface area (Å²) < 4.78 is 1.62. The molecule has 0 fully saturated rings. The predicted molar refractivity (Wildman–Crippen MR) is 71.7 cm³/mol. The number of amides is 1. The first-order chi connectivity index (χ1) is 9.69. The van der Waals surface area contributed by atoms with Gasteiger partial charge in [-0.05, 0) is 6.42 Å². The highest BCUT2D eigenvalue weighted by Gasteiger charge is 2.07.